The summed E-state index contributed by atoms with van der Waals surface area (Å²) < 4.78 is 0. The second kappa shape index (κ2) is 10.1. The van der Waals surface area contributed by atoms with E-state index in [1.165, 1.54) is 24.0 Å². The Labute approximate surface area is 180 Å². The van der Waals surface area contributed by atoms with Crippen molar-refractivity contribution in [2.75, 3.05) is 20.6 Å². The average molecular weight is 410 g/mol. The van der Waals surface area contributed by atoms with Gasteiger partial charge in [0, 0.05) is 31.4 Å². The van der Waals surface area contributed by atoms with E-state index in [2.05, 4.69) is 21.3 Å². The van der Waals surface area contributed by atoms with Gasteiger partial charge >= 0.3 is 0 Å². The van der Waals surface area contributed by atoms with Gasteiger partial charge in [-0.05, 0) is 93.1 Å². The van der Waals surface area contributed by atoms with E-state index in [1.807, 2.05) is 52.3 Å². The molecular weight excluding hydrogens is 374 g/mol. The summed E-state index contributed by atoms with van der Waals surface area (Å²) in [6.45, 7) is 4.67. The minimum atomic E-state index is 0.107. The Morgan fingerprint density at radius 3 is 2.53 bits per heavy atom. The van der Waals surface area contributed by atoms with Crippen molar-refractivity contribution >= 4 is 5.91 Å². The SMILES string of the molecule is Cc1cc(O)cc(C)c1C[C@@H](CNC(=O)C[C@H](CC1CC1)c1cccnc1)N(C)C. The highest BCUT2D eigenvalue weighted by atomic mass is 16.3. The van der Waals surface area contributed by atoms with E-state index in [-0.39, 0.29) is 17.9 Å². The number of nitrogens with zero attached hydrogens (tertiary/aromatic N) is 2. The predicted octanol–water partition coefficient (Wildman–Crippen LogP) is 3.97. The van der Waals surface area contributed by atoms with E-state index in [0.717, 1.165) is 29.9 Å². The Balaban J connectivity index is 1.60. The standard InChI is InChI=1S/C25H35N3O2/c1-17-10-23(29)11-18(2)24(17)14-22(28(3)4)16-27-25(30)13-21(12-19-7-8-19)20-6-5-9-26-15-20/h5-6,9-11,15,19,21-22,29H,7-8,12-14,16H2,1-4H3,(H,27,30)/t21-,22-/m0/s1. The molecule has 1 saturated carbocycles. The highest BCUT2D eigenvalue weighted by molar-refractivity contribution is 5.76. The van der Waals surface area contributed by atoms with E-state index < -0.39 is 0 Å². The van der Waals surface area contributed by atoms with E-state index in [1.54, 1.807) is 6.20 Å². The molecule has 1 fully saturated rings. The molecule has 0 bridgehead atoms. The molecule has 2 atom stereocenters. The molecule has 1 amide bonds. The van der Waals surface area contributed by atoms with Gasteiger partial charge in [-0.25, -0.2) is 0 Å². The molecular formula is C25H35N3O2. The van der Waals surface area contributed by atoms with Crippen molar-refractivity contribution in [1.82, 2.24) is 15.2 Å². The van der Waals surface area contributed by atoms with Crippen LogP contribution in [0, 0.1) is 19.8 Å². The van der Waals surface area contributed by atoms with Crippen molar-refractivity contribution in [3.63, 3.8) is 0 Å². The molecule has 0 saturated heterocycles. The number of phenols is 1. The number of likely N-dealkylation sites (N-methyl/N-ethyl adjacent to an activating group) is 1. The van der Waals surface area contributed by atoms with E-state index >= 15 is 0 Å². The fourth-order valence-corrected chi connectivity index (χ4v) is 4.20. The predicted molar refractivity (Wildman–Crippen MR) is 121 cm³/mol. The van der Waals surface area contributed by atoms with Gasteiger partial charge in [0.15, 0.2) is 0 Å². The Morgan fingerprint density at radius 2 is 1.97 bits per heavy atom. The lowest BCUT2D eigenvalue weighted by molar-refractivity contribution is -0.121. The van der Waals surface area contributed by atoms with Crippen LogP contribution in [0.3, 0.4) is 0 Å². The van der Waals surface area contributed by atoms with Crippen LogP contribution in [0.2, 0.25) is 0 Å². The summed E-state index contributed by atoms with van der Waals surface area (Å²) >= 11 is 0. The molecule has 3 rings (SSSR count). The van der Waals surface area contributed by atoms with Crippen molar-refractivity contribution in [2.45, 2.75) is 57.9 Å². The van der Waals surface area contributed by atoms with Gasteiger partial charge in [-0.2, -0.15) is 0 Å². The molecule has 5 nitrogen and oxygen atoms in total. The van der Waals surface area contributed by atoms with Crippen LogP contribution < -0.4 is 5.32 Å². The molecule has 0 aliphatic heterocycles. The van der Waals surface area contributed by atoms with Crippen molar-refractivity contribution in [3.8, 4) is 5.75 Å². The number of nitrogens with one attached hydrogen (secondary N) is 1. The highest BCUT2D eigenvalue weighted by Crippen LogP contribution is 2.39. The van der Waals surface area contributed by atoms with Crippen molar-refractivity contribution in [2.24, 2.45) is 5.92 Å². The first kappa shape index (κ1) is 22.3. The fourth-order valence-electron chi connectivity index (χ4n) is 4.20. The summed E-state index contributed by atoms with van der Waals surface area (Å²) in [5.41, 5.74) is 4.58. The van der Waals surface area contributed by atoms with Gasteiger partial charge < -0.3 is 15.3 Å². The first-order valence-corrected chi connectivity index (χ1v) is 11.0. The first-order valence-electron chi connectivity index (χ1n) is 11.0. The minimum absolute atomic E-state index is 0.107. The van der Waals surface area contributed by atoms with E-state index in [9.17, 15) is 9.90 Å². The number of aryl methyl sites for hydroxylation is 2. The molecule has 1 aliphatic rings. The van der Waals surface area contributed by atoms with Crippen LogP contribution in [0.15, 0.2) is 36.7 Å². The normalized spacial score (nSPS) is 15.8. The second-order valence-corrected chi connectivity index (χ2v) is 9.05. The average Bonchev–Trinajstić information content (AvgIpc) is 3.50. The number of rotatable bonds is 10. The lowest BCUT2D eigenvalue weighted by Crippen LogP contribution is -2.42. The molecule has 0 unspecified atom stereocenters. The van der Waals surface area contributed by atoms with Crippen molar-refractivity contribution < 1.29 is 9.90 Å². The Kier molecular flexibility index (Phi) is 7.48. The summed E-state index contributed by atoms with van der Waals surface area (Å²) in [5.74, 6) is 1.42. The zero-order valence-corrected chi connectivity index (χ0v) is 18.7. The van der Waals surface area contributed by atoms with Crippen molar-refractivity contribution in [1.29, 1.82) is 0 Å². The summed E-state index contributed by atoms with van der Waals surface area (Å²) in [4.78, 5) is 19.2. The van der Waals surface area contributed by atoms with E-state index in [0.29, 0.717) is 18.7 Å². The van der Waals surface area contributed by atoms with Crippen LogP contribution in [-0.4, -0.2) is 47.6 Å². The zero-order valence-electron chi connectivity index (χ0n) is 18.7. The number of hydrogen-bond acceptors (Lipinski definition) is 4. The highest BCUT2D eigenvalue weighted by Gasteiger charge is 2.28. The summed E-state index contributed by atoms with van der Waals surface area (Å²) in [6, 6.07) is 7.86. The number of hydrogen-bond donors (Lipinski definition) is 2. The minimum Gasteiger partial charge on any atom is -0.508 e. The van der Waals surface area contributed by atoms with Crippen molar-refractivity contribution in [3.05, 3.63) is 58.9 Å². The van der Waals surface area contributed by atoms with Gasteiger partial charge in [0.05, 0.1) is 0 Å². The number of aromatic nitrogens is 1. The molecule has 2 N–H and O–H groups in total. The largest absolute Gasteiger partial charge is 0.508 e. The Bertz CT molecular complexity index is 824. The molecule has 1 heterocycles. The lowest BCUT2D eigenvalue weighted by atomic mass is 9.91. The second-order valence-electron chi connectivity index (χ2n) is 9.05. The van der Waals surface area contributed by atoms with Crippen LogP contribution in [0.25, 0.3) is 0 Å². The van der Waals surface area contributed by atoms with E-state index in [4.69, 9.17) is 0 Å². The smallest absolute Gasteiger partial charge is 0.220 e. The summed E-state index contributed by atoms with van der Waals surface area (Å²) in [5, 5.41) is 13.0. The Hall–Kier alpha value is -2.40. The number of phenolic OH excluding ortho intramolecular Hbond substituents is 1. The van der Waals surface area contributed by atoms with Gasteiger partial charge in [-0.15, -0.1) is 0 Å². The monoisotopic (exact) mass is 409 g/mol. The molecule has 0 radical (unpaired) electrons. The zero-order chi connectivity index (χ0) is 21.7. The topological polar surface area (TPSA) is 65.5 Å². The molecule has 0 spiro atoms. The number of carbonyl (C=O) groups excluding carboxylic acids is 1. The fraction of sp³-hybridized carbons (Fsp3) is 0.520. The van der Waals surface area contributed by atoms with Crippen LogP contribution in [0.1, 0.15) is 53.9 Å². The number of benzene rings is 1. The van der Waals surface area contributed by atoms with Crippen LogP contribution in [0.4, 0.5) is 0 Å². The van der Waals surface area contributed by atoms with Crippen LogP contribution in [0.5, 0.6) is 5.75 Å². The molecule has 5 heteroatoms. The maximum Gasteiger partial charge on any atom is 0.220 e. The number of aromatic hydroxyl groups is 1. The third-order valence-electron chi connectivity index (χ3n) is 6.29. The number of carbonyl (C=O) groups is 1. The summed E-state index contributed by atoms with van der Waals surface area (Å²) in [6.07, 6.45) is 8.67. The van der Waals surface area contributed by atoms with Gasteiger partial charge in [0.25, 0.3) is 0 Å². The van der Waals surface area contributed by atoms with Gasteiger partial charge in [0.1, 0.15) is 5.75 Å². The van der Waals surface area contributed by atoms with Crippen LogP contribution in [-0.2, 0) is 11.2 Å². The number of amides is 1. The third-order valence-corrected chi connectivity index (χ3v) is 6.29. The van der Waals surface area contributed by atoms with Gasteiger partial charge in [0.2, 0.25) is 5.91 Å². The van der Waals surface area contributed by atoms with Crippen LogP contribution >= 0.6 is 0 Å². The molecule has 1 aromatic carbocycles. The molecule has 162 valence electrons. The molecule has 1 aromatic heterocycles. The number of pyridine rings is 1. The molecule has 1 aliphatic carbocycles. The summed E-state index contributed by atoms with van der Waals surface area (Å²) in [7, 11) is 4.10. The quantitative estimate of drug-likeness (QED) is 0.623. The first-order chi connectivity index (χ1) is 14.3. The lowest BCUT2D eigenvalue weighted by Gasteiger charge is -2.27. The maximum absolute atomic E-state index is 12.8. The third kappa shape index (κ3) is 6.30. The van der Waals surface area contributed by atoms with Gasteiger partial charge in [-0.3, -0.25) is 9.78 Å². The molecule has 2 aromatic rings. The molecule has 30 heavy (non-hydrogen) atoms. The maximum atomic E-state index is 12.8. The Morgan fingerprint density at radius 1 is 1.27 bits per heavy atom. The van der Waals surface area contributed by atoms with Gasteiger partial charge in [-0.1, -0.05) is 18.9 Å².